The summed E-state index contributed by atoms with van der Waals surface area (Å²) >= 11 is 0. The van der Waals surface area contributed by atoms with Gasteiger partial charge in [0.25, 0.3) is 0 Å². The van der Waals surface area contributed by atoms with Gasteiger partial charge in [-0.1, -0.05) is 30.3 Å². The Hall–Kier alpha value is -1.76. The SMILES string of the molecule is Oc1ccc2c(c1)CCC1(CCCc3ccccc31)C2. The van der Waals surface area contributed by atoms with Crippen LogP contribution in [0.3, 0.4) is 0 Å². The third-order valence-corrected chi connectivity index (χ3v) is 5.28. The van der Waals surface area contributed by atoms with Gasteiger partial charge in [0.05, 0.1) is 0 Å². The van der Waals surface area contributed by atoms with Crippen LogP contribution in [0.1, 0.15) is 41.5 Å². The van der Waals surface area contributed by atoms with Gasteiger partial charge in [-0.25, -0.2) is 0 Å². The summed E-state index contributed by atoms with van der Waals surface area (Å²) in [6, 6.07) is 14.9. The number of phenols is 1. The highest BCUT2D eigenvalue weighted by Gasteiger charge is 2.38. The molecule has 0 radical (unpaired) electrons. The Morgan fingerprint density at radius 2 is 1.75 bits per heavy atom. The van der Waals surface area contributed by atoms with Gasteiger partial charge in [0.2, 0.25) is 0 Å². The Morgan fingerprint density at radius 1 is 0.850 bits per heavy atom. The first kappa shape index (κ1) is 12.0. The van der Waals surface area contributed by atoms with E-state index in [2.05, 4.69) is 30.3 Å². The molecule has 2 aromatic carbocycles. The number of rotatable bonds is 0. The van der Waals surface area contributed by atoms with Crippen molar-refractivity contribution >= 4 is 0 Å². The lowest BCUT2D eigenvalue weighted by molar-refractivity contribution is 0.316. The van der Waals surface area contributed by atoms with Crippen molar-refractivity contribution in [3.05, 3.63) is 64.7 Å². The fourth-order valence-electron chi connectivity index (χ4n) is 4.30. The Labute approximate surface area is 120 Å². The smallest absolute Gasteiger partial charge is 0.115 e. The van der Waals surface area contributed by atoms with E-state index in [-0.39, 0.29) is 0 Å². The van der Waals surface area contributed by atoms with Crippen molar-refractivity contribution in [1.29, 1.82) is 0 Å². The lowest BCUT2D eigenvalue weighted by Gasteiger charge is -2.43. The van der Waals surface area contributed by atoms with Crippen molar-refractivity contribution in [2.75, 3.05) is 0 Å². The molecule has 0 aromatic heterocycles. The minimum absolute atomic E-state index is 0.346. The number of benzene rings is 2. The van der Waals surface area contributed by atoms with Crippen LogP contribution in [0.15, 0.2) is 42.5 Å². The normalized spacial score (nSPS) is 24.2. The lowest BCUT2D eigenvalue weighted by Crippen LogP contribution is -2.36. The zero-order valence-electron chi connectivity index (χ0n) is 11.7. The molecular formula is C19H20O. The molecule has 1 N–H and O–H groups in total. The molecule has 1 atom stereocenters. The van der Waals surface area contributed by atoms with Crippen LogP contribution in [-0.4, -0.2) is 5.11 Å². The van der Waals surface area contributed by atoms with Gasteiger partial charge in [0, 0.05) is 0 Å². The highest BCUT2D eigenvalue weighted by molar-refractivity contribution is 5.44. The van der Waals surface area contributed by atoms with Gasteiger partial charge in [-0.3, -0.25) is 0 Å². The molecule has 2 aromatic rings. The Balaban J connectivity index is 1.79. The topological polar surface area (TPSA) is 20.2 Å². The summed E-state index contributed by atoms with van der Waals surface area (Å²) in [7, 11) is 0. The molecule has 0 bridgehead atoms. The minimum atomic E-state index is 0.346. The van der Waals surface area contributed by atoms with Crippen LogP contribution in [-0.2, 0) is 24.7 Å². The Morgan fingerprint density at radius 3 is 2.70 bits per heavy atom. The first-order valence-corrected chi connectivity index (χ1v) is 7.66. The molecule has 2 aliphatic carbocycles. The lowest BCUT2D eigenvalue weighted by atomic mass is 9.61. The molecular weight excluding hydrogens is 244 g/mol. The van der Waals surface area contributed by atoms with Crippen LogP contribution >= 0.6 is 0 Å². The van der Waals surface area contributed by atoms with Gasteiger partial charge in [0.1, 0.15) is 5.75 Å². The van der Waals surface area contributed by atoms with Crippen molar-refractivity contribution in [3.63, 3.8) is 0 Å². The van der Waals surface area contributed by atoms with Crippen molar-refractivity contribution in [1.82, 2.24) is 0 Å². The van der Waals surface area contributed by atoms with Crippen molar-refractivity contribution in [3.8, 4) is 5.75 Å². The molecule has 4 rings (SSSR count). The van der Waals surface area contributed by atoms with E-state index >= 15 is 0 Å². The Kier molecular flexibility index (Phi) is 2.63. The summed E-state index contributed by atoms with van der Waals surface area (Å²) in [5.74, 6) is 0.406. The monoisotopic (exact) mass is 264 g/mol. The van der Waals surface area contributed by atoms with Crippen LogP contribution in [0.2, 0.25) is 0 Å². The maximum absolute atomic E-state index is 9.65. The Bertz CT molecular complexity index is 659. The highest BCUT2D eigenvalue weighted by Crippen LogP contribution is 2.46. The summed E-state index contributed by atoms with van der Waals surface area (Å²) in [4.78, 5) is 0. The summed E-state index contributed by atoms with van der Waals surface area (Å²) in [6.07, 6.45) is 7.31. The van der Waals surface area contributed by atoms with Gasteiger partial charge < -0.3 is 5.11 Å². The molecule has 20 heavy (non-hydrogen) atoms. The largest absolute Gasteiger partial charge is 0.508 e. The van der Waals surface area contributed by atoms with Crippen molar-refractivity contribution < 1.29 is 5.11 Å². The standard InChI is InChI=1S/C19H20O/c20-17-8-7-16-13-19(11-9-15(16)12-17)10-3-5-14-4-1-2-6-18(14)19/h1-2,4,6-8,12,20H,3,5,9-11,13H2. The summed E-state index contributed by atoms with van der Waals surface area (Å²) in [5.41, 5.74) is 6.27. The molecule has 1 nitrogen and oxygen atoms in total. The number of fused-ring (bicyclic) bond motifs is 3. The first-order chi connectivity index (χ1) is 9.77. The van der Waals surface area contributed by atoms with E-state index in [1.807, 2.05) is 12.1 Å². The summed E-state index contributed by atoms with van der Waals surface area (Å²) in [6.45, 7) is 0. The number of aryl methyl sites for hydroxylation is 2. The van der Waals surface area contributed by atoms with Crippen LogP contribution in [0.25, 0.3) is 0 Å². The predicted octanol–water partition coefficient (Wildman–Crippen LogP) is 4.16. The van der Waals surface area contributed by atoms with Gasteiger partial charge >= 0.3 is 0 Å². The van der Waals surface area contributed by atoms with E-state index in [1.165, 1.54) is 36.8 Å². The molecule has 1 heteroatoms. The van der Waals surface area contributed by atoms with Gasteiger partial charge in [-0.05, 0) is 78.3 Å². The van der Waals surface area contributed by atoms with Crippen molar-refractivity contribution in [2.24, 2.45) is 0 Å². The minimum Gasteiger partial charge on any atom is -0.508 e. The first-order valence-electron chi connectivity index (χ1n) is 7.66. The second-order valence-corrected chi connectivity index (χ2v) is 6.42. The molecule has 0 fully saturated rings. The van der Waals surface area contributed by atoms with E-state index < -0.39 is 0 Å². The number of phenolic OH excluding ortho intramolecular Hbond substituents is 1. The molecule has 0 amide bonds. The van der Waals surface area contributed by atoms with E-state index in [1.54, 1.807) is 11.1 Å². The van der Waals surface area contributed by atoms with Gasteiger partial charge in [0.15, 0.2) is 0 Å². The van der Waals surface area contributed by atoms with E-state index in [0.717, 1.165) is 12.8 Å². The van der Waals surface area contributed by atoms with Gasteiger partial charge in [-0.15, -0.1) is 0 Å². The zero-order chi connectivity index (χ0) is 13.6. The third kappa shape index (κ3) is 1.76. The maximum atomic E-state index is 9.65. The summed E-state index contributed by atoms with van der Waals surface area (Å²) in [5, 5.41) is 9.65. The highest BCUT2D eigenvalue weighted by atomic mass is 16.3. The van der Waals surface area contributed by atoms with Crippen LogP contribution in [0.4, 0.5) is 0 Å². The third-order valence-electron chi connectivity index (χ3n) is 5.28. The molecule has 0 aliphatic heterocycles. The van der Waals surface area contributed by atoms with E-state index in [9.17, 15) is 5.11 Å². The van der Waals surface area contributed by atoms with E-state index in [4.69, 9.17) is 0 Å². The van der Waals surface area contributed by atoms with Crippen molar-refractivity contribution in [2.45, 2.75) is 43.9 Å². The molecule has 0 saturated heterocycles. The molecule has 2 aliphatic rings. The fraction of sp³-hybridized carbons (Fsp3) is 0.368. The fourth-order valence-corrected chi connectivity index (χ4v) is 4.30. The van der Waals surface area contributed by atoms with Gasteiger partial charge in [-0.2, -0.15) is 0 Å². The van der Waals surface area contributed by atoms with Crippen LogP contribution < -0.4 is 0 Å². The second-order valence-electron chi connectivity index (χ2n) is 6.42. The number of aromatic hydroxyl groups is 1. The molecule has 0 heterocycles. The van der Waals surface area contributed by atoms with E-state index in [0.29, 0.717) is 11.2 Å². The molecule has 1 spiro atoms. The quantitative estimate of drug-likeness (QED) is 0.757. The predicted molar refractivity (Wildman–Crippen MR) is 81.2 cm³/mol. The number of hydrogen-bond acceptors (Lipinski definition) is 1. The molecule has 1 unspecified atom stereocenters. The zero-order valence-corrected chi connectivity index (χ0v) is 11.7. The number of hydrogen-bond donors (Lipinski definition) is 1. The maximum Gasteiger partial charge on any atom is 0.115 e. The average Bonchev–Trinajstić information content (AvgIpc) is 2.48. The summed E-state index contributed by atoms with van der Waals surface area (Å²) < 4.78 is 0. The average molecular weight is 264 g/mol. The second kappa shape index (κ2) is 4.37. The molecule has 0 saturated carbocycles. The van der Waals surface area contributed by atoms with Crippen LogP contribution in [0.5, 0.6) is 5.75 Å². The van der Waals surface area contributed by atoms with Crippen LogP contribution in [0, 0.1) is 0 Å². The molecule has 102 valence electrons.